The van der Waals surface area contributed by atoms with Crippen molar-refractivity contribution in [2.24, 2.45) is 0 Å². The van der Waals surface area contributed by atoms with Gasteiger partial charge in [-0.05, 0) is 5.34 Å². The van der Waals surface area contributed by atoms with E-state index in [0.717, 1.165) is 0 Å². The van der Waals surface area contributed by atoms with Gasteiger partial charge in [0.15, 0.2) is 29.0 Å². The molecule has 24 heteroatoms. The number of alkyl halides is 17. The summed E-state index contributed by atoms with van der Waals surface area (Å²) in [5, 5.41) is -3.40. The van der Waals surface area contributed by atoms with Crippen LogP contribution in [0.1, 0.15) is 5.56 Å². The van der Waals surface area contributed by atoms with E-state index in [2.05, 4.69) is 0 Å². The Balaban J connectivity index is 4.05. The van der Waals surface area contributed by atoms with Gasteiger partial charge in [-0.15, -0.1) is 0 Å². The van der Waals surface area contributed by atoms with Crippen molar-refractivity contribution in [3.8, 4) is 0 Å². The van der Waals surface area contributed by atoms with Crippen LogP contribution in [0.4, 0.5) is 107 Å². The maximum Gasteiger partial charge on any atom is 0.460 e. The monoisotopic (exact) mass is 619 g/mol. The quantitative estimate of drug-likeness (QED) is 0.123. The molecule has 0 heterocycles. The van der Waals surface area contributed by atoms with E-state index in [9.17, 15) is 101 Å². The molecule has 0 fully saturated rings. The summed E-state index contributed by atoms with van der Waals surface area (Å²) in [5.41, 5.74) is -8.54. The highest BCUT2D eigenvalue weighted by Crippen LogP contribution is 2.65. The zero-order valence-corrected chi connectivity index (χ0v) is 16.1. The van der Waals surface area contributed by atoms with Gasteiger partial charge in [-0.1, -0.05) is 8.96 Å². The molecule has 1 aromatic rings. The first-order chi connectivity index (χ1) is 16.3. The Kier molecular flexibility index (Phi) is 7.66. The van der Waals surface area contributed by atoms with Crippen molar-refractivity contribution in [2.45, 2.75) is 47.6 Å². The van der Waals surface area contributed by atoms with Crippen molar-refractivity contribution in [1.29, 1.82) is 0 Å². The molecule has 1 nitrogen and oxygen atoms in total. The maximum atomic E-state index is 14.1. The summed E-state index contributed by atoms with van der Waals surface area (Å²) in [6.45, 7) is 0. The zero-order valence-electron chi connectivity index (χ0n) is 16.1. The second-order valence-corrected chi connectivity index (χ2v) is 6.73. The van der Waals surface area contributed by atoms with Crippen LogP contribution < -0.4 is 5.34 Å². The molecule has 0 amide bonds. The van der Waals surface area contributed by atoms with E-state index < -0.39 is 87.5 Å². The molecule has 0 N–H and O–H groups in total. The van der Waals surface area contributed by atoms with Gasteiger partial charge < -0.3 is 0 Å². The van der Waals surface area contributed by atoms with Gasteiger partial charge in [-0.25, -0.2) is 17.6 Å². The van der Waals surface area contributed by atoms with Crippen LogP contribution in [0.25, 0.3) is 0 Å². The Labute approximate surface area is 190 Å². The molecule has 0 saturated heterocycles. The predicted molar refractivity (Wildman–Crippen MR) is 70.6 cm³/mol. The fourth-order valence-corrected chi connectivity index (χ4v) is 2.39. The second kappa shape index (κ2) is 8.71. The molecule has 0 spiro atoms. The molecule has 1 aromatic carbocycles. The molecule has 0 radical (unpaired) electrons. The van der Waals surface area contributed by atoms with Crippen LogP contribution in [-0.4, -0.2) is 41.7 Å². The molecule has 0 saturated carbocycles. The van der Waals surface area contributed by atoms with Gasteiger partial charge in [0.05, 0.1) is 5.56 Å². The lowest BCUT2D eigenvalue weighted by Crippen LogP contribution is -2.74. The molecular weight excluding hydrogens is 619 g/mol. The van der Waals surface area contributed by atoms with Crippen LogP contribution in [0, 0.1) is 23.3 Å². The fraction of sp³-hybridized carbons (Fsp3) is 0.571. The molecule has 1 rings (SSSR count). The minimum atomic E-state index is -9.18. The summed E-state index contributed by atoms with van der Waals surface area (Å²) in [6, 6.07) is 0. The molecule has 0 aliphatic carbocycles. The lowest BCUT2D eigenvalue weighted by Gasteiger charge is -2.43. The molecular formula is C14F23N. The summed E-state index contributed by atoms with van der Waals surface area (Å²) in [4.78, 5) is 0. The fourth-order valence-electron chi connectivity index (χ4n) is 2.39. The van der Waals surface area contributed by atoms with E-state index in [4.69, 9.17) is 0 Å². The van der Waals surface area contributed by atoms with E-state index in [0.29, 0.717) is 0 Å². The molecule has 0 atom stereocenters. The van der Waals surface area contributed by atoms with E-state index in [-0.39, 0.29) is 0 Å². The minimum absolute atomic E-state index is 3.40. The second-order valence-electron chi connectivity index (χ2n) is 6.73. The summed E-state index contributed by atoms with van der Waals surface area (Å²) < 4.78 is 303. The van der Waals surface area contributed by atoms with Crippen molar-refractivity contribution >= 4 is 5.69 Å². The van der Waals surface area contributed by atoms with Gasteiger partial charge in [0.2, 0.25) is 0 Å². The zero-order chi connectivity index (χ0) is 31.0. The van der Waals surface area contributed by atoms with E-state index >= 15 is 0 Å². The SMILES string of the molecule is Fc1c(F)c(F)c(C(F)(F)C(F)(F)C(F)(F)C(F)(F)C(F)(F)C(F)(F)C(F)(F)C(F)(F)F)c(N(F)F)c1F. The van der Waals surface area contributed by atoms with Gasteiger partial charge in [0, 0.05) is 0 Å². The summed E-state index contributed by atoms with van der Waals surface area (Å²) >= 11 is 0. The summed E-state index contributed by atoms with van der Waals surface area (Å²) in [7, 11) is 0. The third-order valence-electron chi connectivity index (χ3n) is 4.45. The van der Waals surface area contributed by atoms with Crippen LogP contribution in [0.2, 0.25) is 0 Å². The van der Waals surface area contributed by atoms with Crippen molar-refractivity contribution < 1.29 is 101 Å². The van der Waals surface area contributed by atoms with Crippen molar-refractivity contribution in [3.05, 3.63) is 28.8 Å². The van der Waals surface area contributed by atoms with Crippen molar-refractivity contribution in [3.63, 3.8) is 0 Å². The first kappa shape index (κ1) is 33.4. The number of nitrogens with zero attached hydrogens (tertiary/aromatic N) is 1. The van der Waals surface area contributed by atoms with Gasteiger partial charge in [-0.2, -0.15) is 74.6 Å². The highest BCUT2D eigenvalue weighted by Gasteiger charge is 2.95. The first-order valence-electron chi connectivity index (χ1n) is 8.03. The van der Waals surface area contributed by atoms with E-state index in [1.165, 1.54) is 0 Å². The maximum absolute atomic E-state index is 14.1. The topological polar surface area (TPSA) is 3.24 Å². The molecule has 0 bridgehead atoms. The number of anilines is 1. The Bertz CT molecular complexity index is 1070. The van der Waals surface area contributed by atoms with Crippen LogP contribution in [-0.2, 0) is 5.92 Å². The van der Waals surface area contributed by atoms with Crippen LogP contribution in [0.5, 0.6) is 0 Å². The molecule has 0 aliphatic heterocycles. The molecule has 222 valence electrons. The smallest absolute Gasteiger partial charge is 0.203 e. The van der Waals surface area contributed by atoms with Gasteiger partial charge >= 0.3 is 47.6 Å². The highest BCUT2D eigenvalue weighted by atomic mass is 19.4. The van der Waals surface area contributed by atoms with E-state index in [1.54, 1.807) is 0 Å². The third-order valence-corrected chi connectivity index (χ3v) is 4.45. The average Bonchev–Trinajstić information content (AvgIpc) is 2.72. The molecule has 0 unspecified atom stereocenters. The summed E-state index contributed by atoms with van der Waals surface area (Å²) in [5.74, 6) is -77.2. The predicted octanol–water partition coefficient (Wildman–Crippen LogP) is 8.28. The van der Waals surface area contributed by atoms with Crippen molar-refractivity contribution in [1.82, 2.24) is 0 Å². The Hall–Kier alpha value is -2.59. The standard InChI is InChI=1S/C14F23N/c15-2-1(6(38(36)37)5(18)4(17)3(2)16)7(19,20)8(21,22)9(23,24)10(25,26)11(27,28)12(29,30)13(31,32)14(33,34)35. The van der Waals surface area contributed by atoms with Crippen LogP contribution in [0.3, 0.4) is 0 Å². The third kappa shape index (κ3) is 3.94. The van der Waals surface area contributed by atoms with Crippen LogP contribution >= 0.6 is 0 Å². The number of benzene rings is 1. The Morgan fingerprint density at radius 3 is 0.974 bits per heavy atom. The van der Waals surface area contributed by atoms with Gasteiger partial charge in [-0.3, -0.25) is 0 Å². The number of rotatable bonds is 8. The Morgan fingerprint density at radius 2 is 0.658 bits per heavy atom. The van der Waals surface area contributed by atoms with Crippen LogP contribution in [0.15, 0.2) is 0 Å². The number of halogens is 23. The minimum Gasteiger partial charge on any atom is -0.203 e. The average molecular weight is 619 g/mol. The largest absolute Gasteiger partial charge is 0.460 e. The summed E-state index contributed by atoms with van der Waals surface area (Å²) in [6.07, 6.45) is -8.04. The first-order valence-corrected chi connectivity index (χ1v) is 8.03. The molecule has 0 aromatic heterocycles. The number of hydrogen-bond donors (Lipinski definition) is 0. The van der Waals surface area contributed by atoms with Gasteiger partial charge in [0.25, 0.3) is 0 Å². The molecule has 38 heavy (non-hydrogen) atoms. The normalized spacial score (nSPS) is 15.2. The lowest BCUT2D eigenvalue weighted by molar-refractivity contribution is -0.462. The lowest BCUT2D eigenvalue weighted by atomic mass is 9.86. The van der Waals surface area contributed by atoms with Gasteiger partial charge in [0.1, 0.15) is 0 Å². The Morgan fingerprint density at radius 1 is 0.368 bits per heavy atom. The van der Waals surface area contributed by atoms with Crippen molar-refractivity contribution in [2.75, 3.05) is 5.34 Å². The van der Waals surface area contributed by atoms with E-state index in [1.807, 2.05) is 0 Å². The molecule has 0 aliphatic rings. The number of hydrogen-bond acceptors (Lipinski definition) is 1. The highest BCUT2D eigenvalue weighted by molar-refractivity contribution is 5.56.